The summed E-state index contributed by atoms with van der Waals surface area (Å²) in [5, 5.41) is 10.8. The minimum atomic E-state index is -1.25. The second-order valence-electron chi connectivity index (χ2n) is 5.99. The zero-order valence-electron chi connectivity index (χ0n) is 14.6. The van der Waals surface area contributed by atoms with Crippen LogP contribution in [0.3, 0.4) is 0 Å². The standard InChI is InChI=1S/C19H12ClN3O5S/c20-12-4-3-11(28-8-10-2-1-5-21-7-10)6-14(12)23-17(24)15-13(22-19(23)27)9-29-16(15)18(25)26/h1-7,9H,8H2,(H,22,27)(H,25,26). The summed E-state index contributed by atoms with van der Waals surface area (Å²) >= 11 is 7.09. The molecule has 0 saturated carbocycles. The van der Waals surface area contributed by atoms with E-state index < -0.39 is 17.2 Å². The number of carboxylic acids is 1. The second kappa shape index (κ2) is 7.53. The third kappa shape index (κ3) is 3.53. The third-order valence-corrected chi connectivity index (χ3v) is 5.42. The minimum absolute atomic E-state index is 0.0835. The summed E-state index contributed by atoms with van der Waals surface area (Å²) in [6.07, 6.45) is 3.30. The van der Waals surface area contributed by atoms with Crippen LogP contribution in [0.4, 0.5) is 0 Å². The maximum atomic E-state index is 13.0. The largest absolute Gasteiger partial charge is 0.489 e. The summed E-state index contributed by atoms with van der Waals surface area (Å²) in [7, 11) is 0. The van der Waals surface area contributed by atoms with Gasteiger partial charge >= 0.3 is 11.7 Å². The van der Waals surface area contributed by atoms with Crippen LogP contribution in [0.15, 0.2) is 57.7 Å². The second-order valence-corrected chi connectivity index (χ2v) is 7.28. The number of thiophene rings is 1. The number of nitrogens with zero attached hydrogens (tertiary/aromatic N) is 2. The predicted molar refractivity (Wildman–Crippen MR) is 109 cm³/mol. The van der Waals surface area contributed by atoms with Gasteiger partial charge in [-0.25, -0.2) is 14.2 Å². The number of nitrogens with one attached hydrogen (secondary N) is 1. The van der Waals surface area contributed by atoms with Crippen molar-refractivity contribution in [2.45, 2.75) is 6.61 Å². The molecule has 4 rings (SSSR count). The smallest absolute Gasteiger partial charge is 0.346 e. The Morgan fingerprint density at radius 1 is 1.31 bits per heavy atom. The van der Waals surface area contributed by atoms with Gasteiger partial charge in [0, 0.05) is 29.4 Å². The van der Waals surface area contributed by atoms with E-state index in [1.165, 1.54) is 17.5 Å². The zero-order chi connectivity index (χ0) is 20.5. The molecular weight excluding hydrogens is 418 g/mol. The number of hydrogen-bond acceptors (Lipinski definition) is 6. The van der Waals surface area contributed by atoms with Gasteiger partial charge in [0.1, 0.15) is 17.2 Å². The lowest BCUT2D eigenvalue weighted by atomic mass is 10.2. The first-order valence-electron chi connectivity index (χ1n) is 8.27. The molecule has 3 aromatic heterocycles. The van der Waals surface area contributed by atoms with Gasteiger partial charge in [-0.1, -0.05) is 17.7 Å². The Labute approximate surface area is 171 Å². The van der Waals surface area contributed by atoms with Crippen molar-refractivity contribution in [1.82, 2.24) is 14.5 Å². The molecule has 0 aliphatic carbocycles. The molecule has 2 N–H and O–H groups in total. The molecule has 0 atom stereocenters. The number of carboxylic acid groups (broad SMARTS) is 1. The number of rotatable bonds is 5. The number of H-pyrrole nitrogens is 1. The third-order valence-electron chi connectivity index (χ3n) is 4.13. The summed E-state index contributed by atoms with van der Waals surface area (Å²) in [6.45, 7) is 0.229. The number of aromatic amines is 1. The van der Waals surface area contributed by atoms with Crippen molar-refractivity contribution in [3.63, 3.8) is 0 Å². The normalized spacial score (nSPS) is 10.9. The van der Waals surface area contributed by atoms with Gasteiger partial charge in [0.05, 0.1) is 21.6 Å². The molecule has 0 aliphatic rings. The zero-order valence-corrected chi connectivity index (χ0v) is 16.2. The number of benzene rings is 1. The van der Waals surface area contributed by atoms with E-state index in [4.69, 9.17) is 16.3 Å². The van der Waals surface area contributed by atoms with Crippen LogP contribution < -0.4 is 16.0 Å². The lowest BCUT2D eigenvalue weighted by Crippen LogP contribution is -2.34. The SMILES string of the molecule is O=C(O)c1scc2[nH]c(=O)n(-c3cc(OCc4cccnc4)ccc3Cl)c(=O)c12. The minimum Gasteiger partial charge on any atom is -0.489 e. The lowest BCUT2D eigenvalue weighted by molar-refractivity contribution is 0.0704. The molecule has 0 spiro atoms. The van der Waals surface area contributed by atoms with Crippen LogP contribution in [0.1, 0.15) is 15.2 Å². The highest BCUT2D eigenvalue weighted by Crippen LogP contribution is 2.26. The molecule has 0 aliphatic heterocycles. The topological polar surface area (TPSA) is 114 Å². The number of aromatic nitrogens is 3. The van der Waals surface area contributed by atoms with E-state index in [0.717, 1.165) is 21.5 Å². The van der Waals surface area contributed by atoms with E-state index in [1.54, 1.807) is 24.5 Å². The fourth-order valence-electron chi connectivity index (χ4n) is 2.82. The lowest BCUT2D eigenvalue weighted by Gasteiger charge is -2.11. The van der Waals surface area contributed by atoms with E-state index in [2.05, 4.69) is 9.97 Å². The van der Waals surface area contributed by atoms with Crippen LogP contribution in [-0.4, -0.2) is 25.6 Å². The van der Waals surface area contributed by atoms with Gasteiger partial charge in [0.25, 0.3) is 5.56 Å². The van der Waals surface area contributed by atoms with Crippen molar-refractivity contribution in [3.05, 3.63) is 84.4 Å². The molecule has 0 unspecified atom stereocenters. The first-order valence-corrected chi connectivity index (χ1v) is 9.53. The molecule has 146 valence electrons. The molecule has 8 nitrogen and oxygen atoms in total. The summed E-state index contributed by atoms with van der Waals surface area (Å²) in [5.41, 5.74) is -0.410. The Morgan fingerprint density at radius 3 is 2.86 bits per heavy atom. The molecular formula is C19H12ClN3O5S. The summed E-state index contributed by atoms with van der Waals surface area (Å²) in [5.74, 6) is -0.872. The van der Waals surface area contributed by atoms with Gasteiger partial charge in [-0.05, 0) is 18.2 Å². The number of fused-ring (bicyclic) bond motifs is 1. The first kappa shape index (κ1) is 18.9. The van der Waals surface area contributed by atoms with Crippen molar-refractivity contribution >= 4 is 39.8 Å². The maximum absolute atomic E-state index is 13.0. The number of hydrogen-bond donors (Lipinski definition) is 2. The van der Waals surface area contributed by atoms with Gasteiger partial charge in [-0.3, -0.25) is 9.78 Å². The van der Waals surface area contributed by atoms with Crippen molar-refractivity contribution in [2.75, 3.05) is 0 Å². The fraction of sp³-hybridized carbons (Fsp3) is 0.0526. The van der Waals surface area contributed by atoms with Gasteiger partial charge < -0.3 is 14.8 Å². The summed E-state index contributed by atoms with van der Waals surface area (Å²) < 4.78 is 6.51. The Kier molecular flexibility index (Phi) is 4.91. The molecule has 0 bridgehead atoms. The van der Waals surface area contributed by atoms with E-state index in [-0.39, 0.29) is 33.1 Å². The Balaban J connectivity index is 1.81. The number of pyridine rings is 1. The van der Waals surface area contributed by atoms with E-state index in [9.17, 15) is 19.5 Å². The number of carbonyl (C=O) groups is 1. The highest BCUT2D eigenvalue weighted by atomic mass is 35.5. The molecule has 1 aromatic carbocycles. The maximum Gasteiger partial charge on any atom is 0.346 e. The van der Waals surface area contributed by atoms with Crippen molar-refractivity contribution < 1.29 is 14.6 Å². The van der Waals surface area contributed by atoms with Crippen LogP contribution >= 0.6 is 22.9 Å². The van der Waals surface area contributed by atoms with Gasteiger partial charge in [-0.15, -0.1) is 11.3 Å². The van der Waals surface area contributed by atoms with Crippen molar-refractivity contribution in [3.8, 4) is 11.4 Å². The molecule has 10 heteroatoms. The van der Waals surface area contributed by atoms with E-state index in [1.807, 2.05) is 6.07 Å². The van der Waals surface area contributed by atoms with Gasteiger partial charge in [0.2, 0.25) is 0 Å². The molecule has 0 radical (unpaired) electrons. The summed E-state index contributed by atoms with van der Waals surface area (Å²) in [4.78, 5) is 43.3. The van der Waals surface area contributed by atoms with Crippen LogP contribution in [0.5, 0.6) is 5.75 Å². The number of ether oxygens (including phenoxy) is 1. The van der Waals surface area contributed by atoms with Gasteiger partial charge in [-0.2, -0.15) is 0 Å². The Morgan fingerprint density at radius 2 is 2.14 bits per heavy atom. The van der Waals surface area contributed by atoms with E-state index in [0.29, 0.717) is 5.75 Å². The Hall–Kier alpha value is -3.43. The highest BCUT2D eigenvalue weighted by molar-refractivity contribution is 7.13. The molecule has 0 saturated heterocycles. The average molecular weight is 430 g/mol. The molecule has 0 fully saturated rings. The molecule has 4 aromatic rings. The average Bonchev–Trinajstić information content (AvgIpc) is 3.13. The van der Waals surface area contributed by atoms with Crippen molar-refractivity contribution in [2.24, 2.45) is 0 Å². The highest BCUT2D eigenvalue weighted by Gasteiger charge is 2.20. The van der Waals surface area contributed by atoms with Crippen LogP contribution in [0.25, 0.3) is 16.6 Å². The molecule has 29 heavy (non-hydrogen) atoms. The Bertz CT molecular complexity index is 1340. The fourth-order valence-corrected chi connectivity index (χ4v) is 3.85. The van der Waals surface area contributed by atoms with Crippen LogP contribution in [-0.2, 0) is 6.61 Å². The monoisotopic (exact) mass is 429 g/mol. The van der Waals surface area contributed by atoms with Gasteiger partial charge in [0.15, 0.2) is 0 Å². The summed E-state index contributed by atoms with van der Waals surface area (Å²) in [6, 6.07) is 8.18. The molecule has 3 heterocycles. The predicted octanol–water partition coefficient (Wildman–Crippen LogP) is 3.07. The van der Waals surface area contributed by atoms with E-state index >= 15 is 0 Å². The number of aromatic carboxylic acids is 1. The first-order chi connectivity index (χ1) is 14.0. The number of halogens is 1. The van der Waals surface area contributed by atoms with Crippen LogP contribution in [0, 0.1) is 0 Å². The van der Waals surface area contributed by atoms with Crippen molar-refractivity contribution in [1.29, 1.82) is 0 Å². The molecule has 0 amide bonds. The van der Waals surface area contributed by atoms with Crippen LogP contribution in [0.2, 0.25) is 5.02 Å². The quantitative estimate of drug-likeness (QED) is 0.504.